The summed E-state index contributed by atoms with van der Waals surface area (Å²) in [4.78, 5) is 26.9. The van der Waals surface area contributed by atoms with Gasteiger partial charge in [0.2, 0.25) is 0 Å². The van der Waals surface area contributed by atoms with Gasteiger partial charge in [0.1, 0.15) is 5.75 Å². The summed E-state index contributed by atoms with van der Waals surface area (Å²) in [6.45, 7) is 4.40. The van der Waals surface area contributed by atoms with Crippen molar-refractivity contribution in [2.45, 2.75) is 6.92 Å². The zero-order valence-corrected chi connectivity index (χ0v) is 15.0. The maximum atomic E-state index is 12.6. The van der Waals surface area contributed by atoms with Gasteiger partial charge in [0.05, 0.1) is 31.6 Å². The number of benzene rings is 2. The first-order valence-corrected chi connectivity index (χ1v) is 8.52. The molecule has 0 unspecified atom stereocenters. The second kappa shape index (κ2) is 8.01. The molecule has 1 amide bonds. The van der Waals surface area contributed by atoms with E-state index in [1.54, 1.807) is 30.3 Å². The molecule has 2 aromatic rings. The fourth-order valence-corrected chi connectivity index (χ4v) is 2.97. The Labute approximate surface area is 152 Å². The number of Topliss-reactive ketones (excluding diaryl/α,β-unsaturated/α-hetero) is 1. The molecule has 6 heteroatoms. The van der Waals surface area contributed by atoms with E-state index < -0.39 is 0 Å². The monoisotopic (exact) mass is 354 g/mol. The molecule has 0 aromatic heterocycles. The number of hydrogen-bond donors (Lipinski definition) is 1. The van der Waals surface area contributed by atoms with Crippen LogP contribution in [-0.4, -0.2) is 45.1 Å². The van der Waals surface area contributed by atoms with Crippen LogP contribution in [0.1, 0.15) is 27.6 Å². The molecule has 3 rings (SSSR count). The highest BCUT2D eigenvalue weighted by Crippen LogP contribution is 2.26. The lowest BCUT2D eigenvalue weighted by Crippen LogP contribution is -2.36. The number of amides is 1. The highest BCUT2D eigenvalue weighted by molar-refractivity contribution is 6.10. The minimum Gasteiger partial charge on any atom is -0.496 e. The Balaban J connectivity index is 1.87. The van der Waals surface area contributed by atoms with Crippen molar-refractivity contribution in [1.82, 2.24) is 0 Å². The summed E-state index contributed by atoms with van der Waals surface area (Å²) in [6, 6.07) is 12.5. The smallest absolute Gasteiger partial charge is 0.259 e. The molecule has 0 bridgehead atoms. The van der Waals surface area contributed by atoms with Gasteiger partial charge in [0, 0.05) is 24.3 Å². The van der Waals surface area contributed by atoms with Crippen LogP contribution >= 0.6 is 0 Å². The normalized spacial score (nSPS) is 14.0. The molecular weight excluding hydrogens is 332 g/mol. The Hall–Kier alpha value is -2.86. The number of para-hydroxylation sites is 1. The molecule has 1 saturated heterocycles. The molecule has 26 heavy (non-hydrogen) atoms. The van der Waals surface area contributed by atoms with E-state index in [2.05, 4.69) is 10.2 Å². The SMILES string of the molecule is COc1ccccc1C(=O)Nc1ccc(N2CCOCC2)cc1C(C)=O. The van der Waals surface area contributed by atoms with Crippen molar-refractivity contribution in [3.63, 3.8) is 0 Å². The number of carbonyl (C=O) groups is 2. The van der Waals surface area contributed by atoms with Gasteiger partial charge in [-0.3, -0.25) is 9.59 Å². The first-order chi connectivity index (χ1) is 12.6. The molecule has 1 heterocycles. The largest absolute Gasteiger partial charge is 0.496 e. The summed E-state index contributed by atoms with van der Waals surface area (Å²) < 4.78 is 10.6. The molecule has 0 radical (unpaired) electrons. The minimum atomic E-state index is -0.316. The number of ether oxygens (including phenoxy) is 2. The van der Waals surface area contributed by atoms with Crippen molar-refractivity contribution in [1.29, 1.82) is 0 Å². The van der Waals surface area contributed by atoms with Gasteiger partial charge in [-0.15, -0.1) is 0 Å². The van der Waals surface area contributed by atoms with Gasteiger partial charge < -0.3 is 19.7 Å². The van der Waals surface area contributed by atoms with Gasteiger partial charge in [-0.2, -0.15) is 0 Å². The van der Waals surface area contributed by atoms with Crippen molar-refractivity contribution in [3.8, 4) is 5.75 Å². The summed E-state index contributed by atoms with van der Waals surface area (Å²) in [5.41, 5.74) is 2.35. The average Bonchev–Trinajstić information content (AvgIpc) is 2.68. The zero-order valence-electron chi connectivity index (χ0n) is 15.0. The molecule has 1 aliphatic rings. The lowest BCUT2D eigenvalue weighted by molar-refractivity contribution is 0.101. The lowest BCUT2D eigenvalue weighted by Gasteiger charge is -2.29. The van der Waals surface area contributed by atoms with E-state index in [4.69, 9.17) is 9.47 Å². The number of hydrogen-bond acceptors (Lipinski definition) is 5. The Bertz CT molecular complexity index is 813. The van der Waals surface area contributed by atoms with Crippen LogP contribution in [-0.2, 0) is 4.74 Å². The minimum absolute atomic E-state index is 0.101. The number of carbonyl (C=O) groups excluding carboxylic acids is 2. The Kier molecular flexibility index (Phi) is 5.53. The number of nitrogens with zero attached hydrogens (tertiary/aromatic N) is 1. The summed E-state index contributed by atoms with van der Waals surface area (Å²) in [5.74, 6) is 0.0684. The van der Waals surface area contributed by atoms with Gasteiger partial charge >= 0.3 is 0 Å². The summed E-state index contributed by atoms with van der Waals surface area (Å²) >= 11 is 0. The fraction of sp³-hybridized carbons (Fsp3) is 0.300. The van der Waals surface area contributed by atoms with Gasteiger partial charge in [0.15, 0.2) is 5.78 Å². The number of ketones is 1. The van der Waals surface area contributed by atoms with Gasteiger partial charge in [-0.05, 0) is 37.3 Å². The van der Waals surface area contributed by atoms with Gasteiger partial charge in [-0.25, -0.2) is 0 Å². The Morgan fingerprint density at radius 2 is 1.81 bits per heavy atom. The lowest BCUT2D eigenvalue weighted by atomic mass is 10.1. The first-order valence-electron chi connectivity index (χ1n) is 8.52. The number of rotatable bonds is 5. The van der Waals surface area contributed by atoms with E-state index in [-0.39, 0.29) is 11.7 Å². The van der Waals surface area contributed by atoms with Gasteiger partial charge in [-0.1, -0.05) is 12.1 Å². The van der Waals surface area contributed by atoms with Crippen molar-refractivity contribution in [2.24, 2.45) is 0 Å². The van der Waals surface area contributed by atoms with E-state index in [1.807, 2.05) is 12.1 Å². The zero-order chi connectivity index (χ0) is 18.5. The van der Waals surface area contributed by atoms with Crippen LogP contribution in [0.15, 0.2) is 42.5 Å². The summed E-state index contributed by atoms with van der Waals surface area (Å²) in [6.07, 6.45) is 0. The summed E-state index contributed by atoms with van der Waals surface area (Å²) in [7, 11) is 1.52. The van der Waals surface area contributed by atoms with E-state index >= 15 is 0 Å². The van der Waals surface area contributed by atoms with Crippen LogP contribution in [0.4, 0.5) is 11.4 Å². The molecule has 0 atom stereocenters. The number of methoxy groups -OCH3 is 1. The molecule has 1 aliphatic heterocycles. The molecule has 1 fully saturated rings. The fourth-order valence-electron chi connectivity index (χ4n) is 2.97. The molecule has 0 spiro atoms. The third-order valence-corrected chi connectivity index (χ3v) is 4.36. The Morgan fingerprint density at radius 1 is 1.08 bits per heavy atom. The van der Waals surface area contributed by atoms with Gasteiger partial charge in [0.25, 0.3) is 5.91 Å². The van der Waals surface area contributed by atoms with E-state index in [1.165, 1.54) is 14.0 Å². The highest BCUT2D eigenvalue weighted by atomic mass is 16.5. The van der Waals surface area contributed by atoms with Crippen LogP contribution in [0.2, 0.25) is 0 Å². The first kappa shape index (κ1) is 17.9. The van der Waals surface area contributed by atoms with Crippen LogP contribution in [0, 0.1) is 0 Å². The molecule has 136 valence electrons. The van der Waals surface area contributed by atoms with Crippen molar-refractivity contribution in [3.05, 3.63) is 53.6 Å². The van der Waals surface area contributed by atoms with Crippen LogP contribution in [0.3, 0.4) is 0 Å². The summed E-state index contributed by atoms with van der Waals surface area (Å²) in [5, 5.41) is 2.83. The third-order valence-electron chi connectivity index (χ3n) is 4.36. The number of nitrogens with one attached hydrogen (secondary N) is 1. The topological polar surface area (TPSA) is 67.9 Å². The molecule has 6 nitrogen and oxygen atoms in total. The van der Waals surface area contributed by atoms with Crippen molar-refractivity contribution >= 4 is 23.1 Å². The molecule has 1 N–H and O–H groups in total. The number of anilines is 2. The van der Waals surface area contributed by atoms with Crippen LogP contribution in [0.5, 0.6) is 5.75 Å². The average molecular weight is 354 g/mol. The second-order valence-electron chi connectivity index (χ2n) is 6.04. The maximum Gasteiger partial charge on any atom is 0.259 e. The second-order valence-corrected chi connectivity index (χ2v) is 6.04. The van der Waals surface area contributed by atoms with E-state index in [0.717, 1.165) is 18.8 Å². The predicted molar refractivity (Wildman–Crippen MR) is 100 cm³/mol. The quantitative estimate of drug-likeness (QED) is 0.836. The molecule has 0 saturated carbocycles. The Morgan fingerprint density at radius 3 is 2.50 bits per heavy atom. The van der Waals surface area contributed by atoms with Crippen LogP contribution in [0.25, 0.3) is 0 Å². The maximum absolute atomic E-state index is 12.6. The highest BCUT2D eigenvalue weighted by Gasteiger charge is 2.18. The molecular formula is C20H22N2O4. The van der Waals surface area contributed by atoms with Crippen LogP contribution < -0.4 is 15.0 Å². The molecule has 2 aromatic carbocycles. The number of morpholine rings is 1. The van der Waals surface area contributed by atoms with Crippen molar-refractivity contribution < 1.29 is 19.1 Å². The standard InChI is InChI=1S/C20H22N2O4/c1-14(23)17-13-15(22-9-11-26-12-10-22)7-8-18(17)21-20(24)16-5-3-4-6-19(16)25-2/h3-8,13H,9-12H2,1-2H3,(H,21,24). The van der Waals surface area contributed by atoms with E-state index in [9.17, 15) is 9.59 Å². The van der Waals surface area contributed by atoms with Crippen molar-refractivity contribution in [2.75, 3.05) is 43.6 Å². The van der Waals surface area contributed by atoms with E-state index in [0.29, 0.717) is 35.8 Å². The molecule has 0 aliphatic carbocycles. The predicted octanol–water partition coefficient (Wildman–Crippen LogP) is 2.99. The third kappa shape index (κ3) is 3.86.